The number of nitrogens with zero attached hydrogens (tertiary/aromatic N) is 2. The molecule has 0 bridgehead atoms. The van der Waals surface area contributed by atoms with Gasteiger partial charge in [-0.25, -0.2) is 0 Å². The van der Waals surface area contributed by atoms with Crippen LogP contribution in [0.3, 0.4) is 0 Å². The van der Waals surface area contributed by atoms with Crippen LogP contribution in [0.2, 0.25) is 0 Å². The summed E-state index contributed by atoms with van der Waals surface area (Å²) in [6, 6.07) is 7.05. The van der Waals surface area contributed by atoms with E-state index >= 15 is 0 Å². The first-order valence-electron chi connectivity index (χ1n) is 7.98. The van der Waals surface area contributed by atoms with Gasteiger partial charge in [0.15, 0.2) is 6.19 Å². The zero-order chi connectivity index (χ0) is 17.3. The number of carbonyl (C=O) groups is 2. The van der Waals surface area contributed by atoms with Crippen LogP contribution in [0.25, 0.3) is 10.9 Å². The Morgan fingerprint density at radius 1 is 1.42 bits per heavy atom. The third-order valence-corrected chi connectivity index (χ3v) is 4.73. The maximum Gasteiger partial charge on any atom is 0.258 e. The summed E-state index contributed by atoms with van der Waals surface area (Å²) in [5.74, 6) is -0.521. The summed E-state index contributed by atoms with van der Waals surface area (Å²) < 4.78 is 0. The number of hydrogen-bond acceptors (Lipinski definition) is 3. The molecular formula is C18H20N4O2. The highest BCUT2D eigenvalue weighted by Crippen LogP contribution is 2.45. The van der Waals surface area contributed by atoms with E-state index in [1.165, 1.54) is 7.05 Å². The van der Waals surface area contributed by atoms with Gasteiger partial charge in [0.1, 0.15) is 6.04 Å². The lowest BCUT2D eigenvalue weighted by Gasteiger charge is -2.21. The van der Waals surface area contributed by atoms with E-state index in [1.807, 2.05) is 43.6 Å². The lowest BCUT2D eigenvalue weighted by atomic mass is 10.0. The average molecular weight is 324 g/mol. The van der Waals surface area contributed by atoms with Crippen molar-refractivity contribution in [2.24, 2.45) is 5.41 Å². The van der Waals surface area contributed by atoms with E-state index < -0.39 is 11.9 Å². The summed E-state index contributed by atoms with van der Waals surface area (Å²) in [5.41, 5.74) is 1.55. The van der Waals surface area contributed by atoms with Gasteiger partial charge in [-0.3, -0.25) is 14.5 Å². The molecule has 1 heterocycles. The zero-order valence-electron chi connectivity index (χ0n) is 13.8. The molecular weight excluding hydrogens is 304 g/mol. The lowest BCUT2D eigenvalue weighted by molar-refractivity contribution is -0.134. The van der Waals surface area contributed by atoms with Crippen molar-refractivity contribution in [2.45, 2.75) is 32.2 Å². The van der Waals surface area contributed by atoms with Crippen LogP contribution in [0.1, 0.15) is 25.3 Å². The molecule has 1 unspecified atom stereocenters. The maximum atomic E-state index is 12.5. The van der Waals surface area contributed by atoms with Crippen LogP contribution in [0.5, 0.6) is 0 Å². The van der Waals surface area contributed by atoms with Gasteiger partial charge >= 0.3 is 0 Å². The van der Waals surface area contributed by atoms with E-state index in [4.69, 9.17) is 5.26 Å². The molecule has 6 nitrogen and oxygen atoms in total. The van der Waals surface area contributed by atoms with E-state index in [0.29, 0.717) is 6.42 Å². The third-order valence-electron chi connectivity index (χ3n) is 4.73. The van der Waals surface area contributed by atoms with Crippen molar-refractivity contribution in [3.8, 4) is 6.19 Å². The van der Waals surface area contributed by atoms with Crippen LogP contribution < -0.4 is 5.32 Å². The number of nitriles is 1. The van der Waals surface area contributed by atoms with E-state index in [-0.39, 0.29) is 11.3 Å². The van der Waals surface area contributed by atoms with Crippen molar-refractivity contribution in [3.05, 3.63) is 36.0 Å². The molecule has 1 aliphatic rings. The number of likely N-dealkylation sites (N-methyl/N-ethyl adjacent to an activating group) is 1. The summed E-state index contributed by atoms with van der Waals surface area (Å²) in [6.45, 7) is 1.89. The number of benzene rings is 1. The van der Waals surface area contributed by atoms with Crippen molar-refractivity contribution >= 4 is 22.7 Å². The Hall–Kier alpha value is -2.81. The number of fused-ring (bicyclic) bond motifs is 1. The number of aromatic nitrogens is 1. The summed E-state index contributed by atoms with van der Waals surface area (Å²) in [7, 11) is 1.41. The number of carbonyl (C=O) groups excluding carboxylic acids is 2. The molecule has 1 fully saturated rings. The van der Waals surface area contributed by atoms with Gasteiger partial charge in [-0.15, -0.1) is 0 Å². The smallest absolute Gasteiger partial charge is 0.258 e. The number of rotatable bonds is 5. The molecule has 124 valence electrons. The van der Waals surface area contributed by atoms with Gasteiger partial charge in [-0.1, -0.05) is 25.1 Å². The monoisotopic (exact) mass is 324 g/mol. The number of hydrogen-bond donors (Lipinski definition) is 2. The highest BCUT2D eigenvalue weighted by molar-refractivity contribution is 5.92. The Kier molecular flexibility index (Phi) is 4.02. The molecule has 2 aromatic rings. The Balaban J connectivity index is 1.85. The van der Waals surface area contributed by atoms with Gasteiger partial charge < -0.3 is 10.3 Å². The van der Waals surface area contributed by atoms with Crippen molar-refractivity contribution in [1.82, 2.24) is 15.2 Å². The first-order chi connectivity index (χ1) is 11.4. The Bertz CT molecular complexity index is 829. The van der Waals surface area contributed by atoms with Crippen molar-refractivity contribution in [1.29, 1.82) is 5.26 Å². The van der Waals surface area contributed by atoms with Gasteiger partial charge in [0.2, 0.25) is 5.91 Å². The van der Waals surface area contributed by atoms with Crippen LogP contribution in [-0.2, 0) is 16.0 Å². The first-order valence-corrected chi connectivity index (χ1v) is 7.98. The topological polar surface area (TPSA) is 89.0 Å². The van der Waals surface area contributed by atoms with E-state index in [1.54, 1.807) is 0 Å². The maximum absolute atomic E-state index is 12.5. The zero-order valence-corrected chi connectivity index (χ0v) is 13.8. The summed E-state index contributed by atoms with van der Waals surface area (Å²) in [6.07, 6.45) is 5.68. The number of H-pyrrole nitrogens is 1. The molecule has 1 atom stereocenters. The van der Waals surface area contributed by atoms with Gasteiger partial charge in [0.25, 0.3) is 5.91 Å². The van der Waals surface area contributed by atoms with E-state index in [0.717, 1.165) is 34.2 Å². The minimum atomic E-state index is -0.751. The molecule has 1 saturated carbocycles. The summed E-state index contributed by atoms with van der Waals surface area (Å²) in [5, 5.41) is 12.9. The molecule has 6 heteroatoms. The number of para-hydroxylation sites is 1. The van der Waals surface area contributed by atoms with Crippen molar-refractivity contribution in [3.63, 3.8) is 0 Å². The molecule has 2 amide bonds. The predicted molar refractivity (Wildman–Crippen MR) is 89.7 cm³/mol. The number of nitrogens with one attached hydrogen (secondary N) is 2. The Labute approximate surface area is 140 Å². The van der Waals surface area contributed by atoms with Gasteiger partial charge in [0.05, 0.1) is 0 Å². The standard InChI is InChI=1S/C18H20N4O2/c1-18(7-8-18)17(24)21-15(16(23)22(2)11-19)9-12-10-20-14-6-4-3-5-13(12)14/h3-6,10,15,20H,7-9H2,1-2H3,(H,21,24). The largest absolute Gasteiger partial charge is 0.361 e. The average Bonchev–Trinajstić information content (AvgIpc) is 3.22. The molecule has 0 radical (unpaired) electrons. The van der Waals surface area contributed by atoms with E-state index in [2.05, 4.69) is 10.3 Å². The van der Waals surface area contributed by atoms with Crippen LogP contribution in [-0.4, -0.2) is 34.8 Å². The van der Waals surface area contributed by atoms with Crippen LogP contribution in [0.4, 0.5) is 0 Å². The predicted octanol–water partition coefficient (Wildman–Crippen LogP) is 1.93. The van der Waals surface area contributed by atoms with Crippen molar-refractivity contribution < 1.29 is 9.59 Å². The number of aromatic amines is 1. The van der Waals surface area contributed by atoms with Crippen molar-refractivity contribution in [2.75, 3.05) is 7.05 Å². The fourth-order valence-electron chi connectivity index (χ4n) is 2.75. The fraction of sp³-hybridized carbons (Fsp3) is 0.389. The van der Waals surface area contributed by atoms with Gasteiger partial charge in [-0.05, 0) is 24.5 Å². The Morgan fingerprint density at radius 2 is 2.12 bits per heavy atom. The van der Waals surface area contributed by atoms with Gasteiger partial charge in [0, 0.05) is 36.0 Å². The highest BCUT2D eigenvalue weighted by atomic mass is 16.2. The molecule has 0 saturated heterocycles. The molecule has 0 aliphatic heterocycles. The molecule has 3 rings (SSSR count). The SMILES string of the molecule is CN(C#N)C(=O)C(Cc1c[nH]c2ccccc12)NC(=O)C1(C)CC1. The second-order valence-corrected chi connectivity index (χ2v) is 6.65. The quantitative estimate of drug-likeness (QED) is 0.650. The summed E-state index contributed by atoms with van der Waals surface area (Å²) in [4.78, 5) is 29.0. The van der Waals surface area contributed by atoms with Crippen LogP contribution in [0.15, 0.2) is 30.5 Å². The number of amides is 2. The van der Waals surface area contributed by atoms with Crippen LogP contribution >= 0.6 is 0 Å². The normalized spacial score (nSPS) is 16.2. The van der Waals surface area contributed by atoms with E-state index in [9.17, 15) is 9.59 Å². The molecule has 2 N–H and O–H groups in total. The third kappa shape index (κ3) is 2.98. The summed E-state index contributed by atoms with van der Waals surface area (Å²) >= 11 is 0. The molecule has 1 aromatic carbocycles. The first kappa shape index (κ1) is 16.1. The molecule has 24 heavy (non-hydrogen) atoms. The second kappa shape index (κ2) is 6.00. The highest BCUT2D eigenvalue weighted by Gasteiger charge is 2.46. The fourth-order valence-corrected chi connectivity index (χ4v) is 2.75. The lowest BCUT2D eigenvalue weighted by Crippen LogP contribution is -2.49. The Morgan fingerprint density at radius 3 is 2.79 bits per heavy atom. The minimum Gasteiger partial charge on any atom is -0.361 e. The molecule has 1 aromatic heterocycles. The second-order valence-electron chi connectivity index (χ2n) is 6.65. The van der Waals surface area contributed by atoms with Gasteiger partial charge in [-0.2, -0.15) is 5.26 Å². The molecule has 1 aliphatic carbocycles. The van der Waals surface area contributed by atoms with Crippen LogP contribution in [0, 0.1) is 16.9 Å². The molecule has 0 spiro atoms. The minimum absolute atomic E-state index is 0.118.